The molecule has 9 nitrogen and oxygen atoms in total. The minimum absolute atomic E-state index is 0.0271. The van der Waals surface area contributed by atoms with E-state index in [-0.39, 0.29) is 18.4 Å². The number of benzene rings is 1. The number of rotatable bonds is 5. The lowest BCUT2D eigenvalue weighted by molar-refractivity contribution is -0.136. The van der Waals surface area contributed by atoms with Crippen molar-refractivity contribution in [1.29, 1.82) is 0 Å². The summed E-state index contributed by atoms with van der Waals surface area (Å²) >= 11 is 0. The van der Waals surface area contributed by atoms with Gasteiger partial charge in [0.2, 0.25) is 5.91 Å². The van der Waals surface area contributed by atoms with Crippen molar-refractivity contribution in [2.24, 2.45) is 5.92 Å². The Labute approximate surface area is 187 Å². The Hall–Kier alpha value is -3.10. The Morgan fingerprint density at radius 3 is 2.62 bits per heavy atom. The van der Waals surface area contributed by atoms with E-state index < -0.39 is 23.4 Å². The molecule has 1 spiro atoms. The van der Waals surface area contributed by atoms with Crippen LogP contribution in [0.2, 0.25) is 0 Å². The Balaban J connectivity index is 1.53. The molecule has 1 aromatic rings. The Bertz CT molecular complexity index is 942. The van der Waals surface area contributed by atoms with Crippen LogP contribution in [0.15, 0.2) is 18.2 Å². The number of ether oxygens (including phenoxy) is 1. The van der Waals surface area contributed by atoms with Crippen molar-refractivity contribution in [2.75, 3.05) is 37.0 Å². The van der Waals surface area contributed by atoms with Crippen LogP contribution in [-0.2, 0) is 14.3 Å². The number of esters is 1. The molecule has 32 heavy (non-hydrogen) atoms. The molecule has 2 saturated heterocycles. The summed E-state index contributed by atoms with van der Waals surface area (Å²) in [5.74, 6) is -1.29. The summed E-state index contributed by atoms with van der Waals surface area (Å²) in [6.45, 7) is 3.31. The van der Waals surface area contributed by atoms with Gasteiger partial charge in [-0.25, -0.2) is 9.59 Å². The third-order valence-electron chi connectivity index (χ3n) is 6.94. The fourth-order valence-electron chi connectivity index (χ4n) is 5.09. The summed E-state index contributed by atoms with van der Waals surface area (Å²) in [5, 5.41) is 5.68. The molecule has 3 aliphatic rings. The molecular formula is C23H30N4O5. The average Bonchev–Trinajstić information content (AvgIpc) is 3.39. The third-order valence-corrected chi connectivity index (χ3v) is 6.94. The van der Waals surface area contributed by atoms with Crippen molar-refractivity contribution in [3.05, 3.63) is 23.8 Å². The number of imide groups is 1. The molecule has 9 heteroatoms. The highest BCUT2D eigenvalue weighted by atomic mass is 16.5. The van der Waals surface area contributed by atoms with Gasteiger partial charge in [0.1, 0.15) is 12.1 Å². The van der Waals surface area contributed by atoms with E-state index in [0.717, 1.165) is 55.8 Å². The van der Waals surface area contributed by atoms with Gasteiger partial charge in [0.15, 0.2) is 0 Å². The summed E-state index contributed by atoms with van der Waals surface area (Å²) in [6, 6.07) is 4.51. The van der Waals surface area contributed by atoms with Crippen molar-refractivity contribution in [1.82, 2.24) is 10.2 Å². The van der Waals surface area contributed by atoms with E-state index in [2.05, 4.69) is 15.5 Å². The van der Waals surface area contributed by atoms with Crippen LogP contribution in [0.4, 0.5) is 16.2 Å². The smallest absolute Gasteiger partial charge is 0.337 e. The Morgan fingerprint density at radius 2 is 1.94 bits per heavy atom. The van der Waals surface area contributed by atoms with Gasteiger partial charge in [0.25, 0.3) is 5.91 Å². The van der Waals surface area contributed by atoms with Gasteiger partial charge in [-0.15, -0.1) is 0 Å². The predicted molar refractivity (Wildman–Crippen MR) is 118 cm³/mol. The molecule has 2 atom stereocenters. The van der Waals surface area contributed by atoms with Gasteiger partial charge in [-0.1, -0.05) is 19.8 Å². The number of carbonyl (C=O) groups is 4. The normalized spacial score (nSPS) is 25.2. The Morgan fingerprint density at radius 1 is 1.19 bits per heavy atom. The van der Waals surface area contributed by atoms with Gasteiger partial charge < -0.3 is 20.3 Å². The summed E-state index contributed by atoms with van der Waals surface area (Å²) in [4.78, 5) is 53.8. The zero-order chi connectivity index (χ0) is 22.9. The lowest BCUT2D eigenvalue weighted by Crippen LogP contribution is -2.54. The Kier molecular flexibility index (Phi) is 6.08. The third kappa shape index (κ3) is 3.91. The molecule has 1 aliphatic carbocycles. The monoisotopic (exact) mass is 442 g/mol. The van der Waals surface area contributed by atoms with Crippen LogP contribution in [0, 0.1) is 5.92 Å². The average molecular weight is 443 g/mol. The summed E-state index contributed by atoms with van der Waals surface area (Å²) in [7, 11) is 1.30. The lowest BCUT2D eigenvalue weighted by atomic mass is 9.73. The van der Waals surface area contributed by atoms with Crippen LogP contribution in [0.5, 0.6) is 0 Å². The van der Waals surface area contributed by atoms with Gasteiger partial charge in [0, 0.05) is 13.1 Å². The first kappa shape index (κ1) is 22.1. The van der Waals surface area contributed by atoms with Gasteiger partial charge in [-0.3, -0.25) is 14.5 Å². The van der Waals surface area contributed by atoms with Crippen LogP contribution in [0.3, 0.4) is 0 Å². The number of anilines is 2. The minimum Gasteiger partial charge on any atom is -0.465 e. The van der Waals surface area contributed by atoms with Crippen molar-refractivity contribution >= 4 is 35.2 Å². The van der Waals surface area contributed by atoms with Crippen molar-refractivity contribution in [3.8, 4) is 0 Å². The quantitative estimate of drug-likeness (QED) is 0.536. The second kappa shape index (κ2) is 8.80. The van der Waals surface area contributed by atoms with Crippen LogP contribution in [0.1, 0.15) is 55.8 Å². The first-order chi connectivity index (χ1) is 15.4. The van der Waals surface area contributed by atoms with E-state index in [0.29, 0.717) is 17.7 Å². The number of urea groups is 1. The zero-order valence-corrected chi connectivity index (χ0v) is 18.6. The van der Waals surface area contributed by atoms with E-state index in [4.69, 9.17) is 4.74 Å². The van der Waals surface area contributed by atoms with Gasteiger partial charge >= 0.3 is 12.0 Å². The molecule has 4 rings (SSSR count). The summed E-state index contributed by atoms with van der Waals surface area (Å²) in [6.07, 6.45) is 5.46. The van der Waals surface area contributed by atoms with Crippen molar-refractivity contribution < 1.29 is 23.9 Å². The number of amides is 4. The second-order valence-corrected chi connectivity index (χ2v) is 8.91. The standard InChI is InChI=1S/C23H30N4O5/c1-15-7-3-4-10-23(15)21(30)27(22(31)25-23)14-19(28)24-17-13-16(20(29)32-2)8-9-18(17)26-11-5-6-12-26/h8-9,13,15H,3-7,10-12,14H2,1-2H3,(H,24,28)(H,25,31). The zero-order valence-electron chi connectivity index (χ0n) is 18.6. The predicted octanol–water partition coefficient (Wildman–Crippen LogP) is 2.51. The maximum Gasteiger partial charge on any atom is 0.337 e. The molecule has 2 heterocycles. The van der Waals surface area contributed by atoms with E-state index >= 15 is 0 Å². The van der Waals surface area contributed by atoms with E-state index in [1.807, 2.05) is 6.92 Å². The van der Waals surface area contributed by atoms with E-state index in [1.165, 1.54) is 7.11 Å². The van der Waals surface area contributed by atoms with Crippen molar-refractivity contribution in [3.63, 3.8) is 0 Å². The number of nitrogens with zero attached hydrogens (tertiary/aromatic N) is 2. The molecule has 0 bridgehead atoms. The SMILES string of the molecule is COC(=O)c1ccc(N2CCCC2)c(NC(=O)CN2C(=O)NC3(CCCCC3C)C2=O)c1. The maximum atomic E-state index is 13.1. The molecule has 0 aromatic heterocycles. The molecule has 2 aliphatic heterocycles. The summed E-state index contributed by atoms with van der Waals surface area (Å²) < 4.78 is 4.80. The minimum atomic E-state index is -0.902. The van der Waals surface area contributed by atoms with Gasteiger partial charge in [0.05, 0.1) is 24.0 Å². The number of nitrogens with one attached hydrogen (secondary N) is 2. The van der Waals surface area contributed by atoms with E-state index in [1.54, 1.807) is 18.2 Å². The lowest BCUT2D eigenvalue weighted by Gasteiger charge is -2.36. The highest BCUT2D eigenvalue weighted by Gasteiger charge is 2.55. The van der Waals surface area contributed by atoms with Crippen molar-refractivity contribution in [2.45, 2.75) is 51.0 Å². The topological polar surface area (TPSA) is 108 Å². The molecular weight excluding hydrogens is 412 g/mol. The molecule has 3 fully saturated rings. The molecule has 2 unspecified atom stereocenters. The summed E-state index contributed by atoms with van der Waals surface area (Å²) in [5.41, 5.74) is 0.683. The highest BCUT2D eigenvalue weighted by molar-refractivity contribution is 6.10. The van der Waals surface area contributed by atoms with Gasteiger partial charge in [-0.05, 0) is 49.8 Å². The molecule has 2 N–H and O–H groups in total. The molecule has 4 amide bonds. The maximum absolute atomic E-state index is 13.1. The largest absolute Gasteiger partial charge is 0.465 e. The number of carbonyl (C=O) groups excluding carboxylic acids is 4. The molecule has 1 saturated carbocycles. The first-order valence-electron chi connectivity index (χ1n) is 11.3. The highest BCUT2D eigenvalue weighted by Crippen LogP contribution is 2.38. The molecule has 0 radical (unpaired) electrons. The number of methoxy groups -OCH3 is 1. The number of hydrogen-bond donors (Lipinski definition) is 2. The van der Waals surface area contributed by atoms with Gasteiger partial charge in [-0.2, -0.15) is 0 Å². The van der Waals surface area contributed by atoms with Crippen LogP contribution in [-0.4, -0.2) is 61.0 Å². The van der Waals surface area contributed by atoms with Crippen LogP contribution in [0.25, 0.3) is 0 Å². The molecule has 1 aromatic carbocycles. The number of hydrogen-bond acceptors (Lipinski definition) is 6. The van der Waals surface area contributed by atoms with Crippen LogP contribution < -0.4 is 15.5 Å². The fourth-order valence-corrected chi connectivity index (χ4v) is 5.09. The van der Waals surface area contributed by atoms with E-state index in [9.17, 15) is 19.2 Å². The first-order valence-corrected chi connectivity index (χ1v) is 11.3. The molecule has 172 valence electrons. The fraction of sp³-hybridized carbons (Fsp3) is 0.565. The van der Waals surface area contributed by atoms with Crippen LogP contribution >= 0.6 is 0 Å². The second-order valence-electron chi connectivity index (χ2n) is 8.91.